The average molecular weight is 289 g/mol. The molecule has 0 unspecified atom stereocenters. The topological polar surface area (TPSA) is 95.1 Å². The maximum atomic E-state index is 11.8. The van der Waals surface area contributed by atoms with Crippen LogP contribution in [0.25, 0.3) is 0 Å². The van der Waals surface area contributed by atoms with E-state index in [2.05, 4.69) is 15.5 Å². The Bertz CT molecular complexity index is 597. The van der Waals surface area contributed by atoms with Gasteiger partial charge in [-0.1, -0.05) is 18.2 Å². The molecule has 2 rings (SSSR count). The molecule has 3 N–H and O–H groups in total. The van der Waals surface area contributed by atoms with E-state index in [4.69, 9.17) is 10.5 Å². The molecule has 0 spiro atoms. The number of nitrogens with one attached hydrogen (secondary N) is 1. The fourth-order valence-electron chi connectivity index (χ4n) is 1.87. The van der Waals surface area contributed by atoms with Gasteiger partial charge in [-0.05, 0) is 13.0 Å². The van der Waals surface area contributed by atoms with Gasteiger partial charge in [0.1, 0.15) is 12.1 Å². The van der Waals surface area contributed by atoms with Crippen molar-refractivity contribution in [2.24, 2.45) is 5.73 Å². The molecule has 7 heteroatoms. The van der Waals surface area contributed by atoms with Crippen molar-refractivity contribution in [1.82, 2.24) is 20.1 Å². The number of nitrogens with two attached hydrogens (primary N) is 1. The van der Waals surface area contributed by atoms with E-state index >= 15 is 0 Å². The molecule has 0 aliphatic heterocycles. The maximum Gasteiger partial charge on any atom is 0.258 e. The standard InChI is InChI=1S/C14H19N5O2/c1-2-19-10-17-18-13(19)8-16-14(20)9-21-12-6-4-3-5-11(12)7-15/h3-6,10H,2,7-9,15H2,1H3,(H,16,20). The number of rotatable bonds is 7. The van der Waals surface area contributed by atoms with Crippen LogP contribution in [0.1, 0.15) is 18.3 Å². The number of nitrogens with zero attached hydrogens (tertiary/aromatic N) is 3. The Morgan fingerprint density at radius 1 is 1.43 bits per heavy atom. The van der Waals surface area contributed by atoms with E-state index in [1.54, 1.807) is 12.4 Å². The van der Waals surface area contributed by atoms with Gasteiger partial charge in [0, 0.05) is 18.7 Å². The Morgan fingerprint density at radius 2 is 2.24 bits per heavy atom. The van der Waals surface area contributed by atoms with E-state index < -0.39 is 0 Å². The SMILES string of the molecule is CCn1cnnc1CNC(=O)COc1ccccc1CN. The van der Waals surface area contributed by atoms with Crippen molar-refractivity contribution < 1.29 is 9.53 Å². The van der Waals surface area contributed by atoms with Crippen molar-refractivity contribution in [1.29, 1.82) is 0 Å². The molecule has 0 saturated heterocycles. The zero-order valence-corrected chi connectivity index (χ0v) is 12.0. The Hall–Kier alpha value is -2.41. The summed E-state index contributed by atoms with van der Waals surface area (Å²) in [7, 11) is 0. The molecule has 0 bridgehead atoms. The van der Waals surface area contributed by atoms with Crippen LogP contribution in [-0.4, -0.2) is 27.3 Å². The number of aromatic nitrogens is 3. The molecular weight excluding hydrogens is 270 g/mol. The van der Waals surface area contributed by atoms with E-state index in [-0.39, 0.29) is 12.5 Å². The Balaban J connectivity index is 1.82. The van der Waals surface area contributed by atoms with Crippen LogP contribution in [0.5, 0.6) is 5.75 Å². The van der Waals surface area contributed by atoms with Crippen molar-refractivity contribution in [2.75, 3.05) is 6.61 Å². The summed E-state index contributed by atoms with van der Waals surface area (Å²) in [5.41, 5.74) is 6.48. The van der Waals surface area contributed by atoms with E-state index in [0.717, 1.165) is 12.1 Å². The van der Waals surface area contributed by atoms with Crippen LogP contribution in [0.2, 0.25) is 0 Å². The molecule has 1 aromatic carbocycles. The number of hydrogen-bond acceptors (Lipinski definition) is 5. The highest BCUT2D eigenvalue weighted by Gasteiger charge is 2.08. The average Bonchev–Trinajstić information content (AvgIpc) is 2.98. The minimum Gasteiger partial charge on any atom is -0.483 e. The van der Waals surface area contributed by atoms with Gasteiger partial charge in [-0.25, -0.2) is 0 Å². The molecule has 112 valence electrons. The van der Waals surface area contributed by atoms with Gasteiger partial charge in [0.2, 0.25) is 0 Å². The second kappa shape index (κ2) is 7.39. The third-order valence-corrected chi connectivity index (χ3v) is 3.03. The van der Waals surface area contributed by atoms with Crippen LogP contribution in [-0.2, 0) is 24.4 Å². The minimum atomic E-state index is -0.215. The molecule has 0 aliphatic rings. The summed E-state index contributed by atoms with van der Waals surface area (Å²) in [6, 6.07) is 7.39. The van der Waals surface area contributed by atoms with Crippen LogP contribution in [0.4, 0.5) is 0 Å². The quantitative estimate of drug-likeness (QED) is 0.771. The van der Waals surface area contributed by atoms with Crippen molar-refractivity contribution >= 4 is 5.91 Å². The highest BCUT2D eigenvalue weighted by atomic mass is 16.5. The summed E-state index contributed by atoms with van der Waals surface area (Å²) < 4.78 is 7.35. The number of hydrogen-bond donors (Lipinski definition) is 2. The molecule has 0 saturated carbocycles. The normalized spacial score (nSPS) is 10.4. The highest BCUT2D eigenvalue weighted by Crippen LogP contribution is 2.16. The summed E-state index contributed by atoms with van der Waals surface area (Å²) in [5, 5.41) is 10.5. The molecule has 0 atom stereocenters. The minimum absolute atomic E-state index is 0.0583. The van der Waals surface area contributed by atoms with Crippen molar-refractivity contribution in [2.45, 2.75) is 26.6 Å². The van der Waals surface area contributed by atoms with E-state index in [1.807, 2.05) is 29.7 Å². The number of benzene rings is 1. The van der Waals surface area contributed by atoms with E-state index in [9.17, 15) is 4.79 Å². The Kier molecular flexibility index (Phi) is 5.28. The van der Waals surface area contributed by atoms with Crippen LogP contribution in [0.15, 0.2) is 30.6 Å². The first kappa shape index (κ1) is 15.0. The first-order valence-electron chi connectivity index (χ1n) is 6.78. The lowest BCUT2D eigenvalue weighted by Gasteiger charge is -2.10. The summed E-state index contributed by atoms with van der Waals surface area (Å²) in [6.45, 7) is 3.39. The second-order valence-corrected chi connectivity index (χ2v) is 4.41. The second-order valence-electron chi connectivity index (χ2n) is 4.41. The van der Waals surface area contributed by atoms with Gasteiger partial charge in [0.25, 0.3) is 5.91 Å². The number of amides is 1. The Morgan fingerprint density at radius 3 is 3.00 bits per heavy atom. The van der Waals surface area contributed by atoms with Crippen LogP contribution < -0.4 is 15.8 Å². The third kappa shape index (κ3) is 4.03. The van der Waals surface area contributed by atoms with Crippen LogP contribution in [0.3, 0.4) is 0 Å². The lowest BCUT2D eigenvalue weighted by atomic mass is 10.2. The fourth-order valence-corrected chi connectivity index (χ4v) is 1.87. The zero-order valence-electron chi connectivity index (χ0n) is 12.0. The number of para-hydroxylation sites is 1. The monoisotopic (exact) mass is 289 g/mol. The maximum absolute atomic E-state index is 11.8. The summed E-state index contributed by atoms with van der Waals surface area (Å²) in [5.74, 6) is 1.13. The number of carbonyl (C=O) groups is 1. The molecule has 1 heterocycles. The largest absolute Gasteiger partial charge is 0.483 e. The fraction of sp³-hybridized carbons (Fsp3) is 0.357. The molecular formula is C14H19N5O2. The molecule has 2 aromatic rings. The van der Waals surface area contributed by atoms with Gasteiger partial charge >= 0.3 is 0 Å². The smallest absolute Gasteiger partial charge is 0.258 e. The molecule has 0 fully saturated rings. The van der Waals surface area contributed by atoms with Crippen LogP contribution in [0, 0.1) is 0 Å². The van der Waals surface area contributed by atoms with Gasteiger partial charge in [0.05, 0.1) is 6.54 Å². The predicted octanol–water partition coefficient (Wildman–Crippen LogP) is 0.452. The lowest BCUT2D eigenvalue weighted by molar-refractivity contribution is -0.123. The molecule has 0 radical (unpaired) electrons. The van der Waals surface area contributed by atoms with E-state index in [1.165, 1.54) is 0 Å². The van der Waals surface area contributed by atoms with Crippen molar-refractivity contribution in [3.63, 3.8) is 0 Å². The number of carbonyl (C=O) groups excluding carboxylic acids is 1. The first-order chi connectivity index (χ1) is 10.2. The molecule has 21 heavy (non-hydrogen) atoms. The molecule has 0 aliphatic carbocycles. The molecule has 1 aromatic heterocycles. The van der Waals surface area contributed by atoms with Gasteiger partial charge in [0.15, 0.2) is 12.4 Å². The number of aryl methyl sites for hydroxylation is 1. The predicted molar refractivity (Wildman–Crippen MR) is 77.4 cm³/mol. The summed E-state index contributed by atoms with van der Waals surface area (Å²) in [4.78, 5) is 11.8. The lowest BCUT2D eigenvalue weighted by Crippen LogP contribution is -2.29. The summed E-state index contributed by atoms with van der Waals surface area (Å²) in [6.07, 6.45) is 1.63. The first-order valence-corrected chi connectivity index (χ1v) is 6.78. The zero-order chi connectivity index (χ0) is 15.1. The molecule has 1 amide bonds. The summed E-state index contributed by atoms with van der Waals surface area (Å²) >= 11 is 0. The van der Waals surface area contributed by atoms with Crippen LogP contribution >= 0.6 is 0 Å². The molecule has 7 nitrogen and oxygen atoms in total. The van der Waals surface area contributed by atoms with Gasteiger partial charge < -0.3 is 20.4 Å². The van der Waals surface area contributed by atoms with Crippen molar-refractivity contribution in [3.05, 3.63) is 42.0 Å². The third-order valence-electron chi connectivity index (χ3n) is 3.03. The van der Waals surface area contributed by atoms with Crippen molar-refractivity contribution in [3.8, 4) is 5.75 Å². The number of ether oxygens (including phenoxy) is 1. The highest BCUT2D eigenvalue weighted by molar-refractivity contribution is 5.77. The van der Waals surface area contributed by atoms with Gasteiger partial charge in [-0.3, -0.25) is 4.79 Å². The van der Waals surface area contributed by atoms with Gasteiger partial charge in [-0.2, -0.15) is 0 Å². The van der Waals surface area contributed by atoms with E-state index in [0.29, 0.717) is 24.7 Å². The Labute approximate surface area is 123 Å². The van der Waals surface area contributed by atoms with Gasteiger partial charge in [-0.15, -0.1) is 10.2 Å².